The van der Waals surface area contributed by atoms with Gasteiger partial charge in [-0.3, -0.25) is 25.7 Å². The van der Waals surface area contributed by atoms with Crippen LogP contribution in [0.4, 0.5) is 17.1 Å². The van der Waals surface area contributed by atoms with Crippen molar-refractivity contribution in [2.45, 2.75) is 6.61 Å². The van der Waals surface area contributed by atoms with Crippen LogP contribution in [0.25, 0.3) is 0 Å². The SMILES string of the molecule is COc1cc(/C=N\Nc2ccc([N+](=O)[O-])cc2[N+](=O)[O-])cc(I)c1OCc1ccccc1. The van der Waals surface area contributed by atoms with E-state index in [4.69, 9.17) is 9.47 Å². The number of non-ortho nitro benzene ring substituents is 1. The molecule has 0 saturated carbocycles. The average Bonchev–Trinajstić information content (AvgIpc) is 2.78. The highest BCUT2D eigenvalue weighted by atomic mass is 127. The fourth-order valence-corrected chi connectivity index (χ4v) is 3.52. The zero-order valence-electron chi connectivity index (χ0n) is 16.7. The Kier molecular flexibility index (Phi) is 7.54. The number of nitrogens with one attached hydrogen (secondary N) is 1. The van der Waals surface area contributed by atoms with Crippen LogP contribution in [-0.2, 0) is 6.61 Å². The summed E-state index contributed by atoms with van der Waals surface area (Å²) in [6.07, 6.45) is 1.46. The summed E-state index contributed by atoms with van der Waals surface area (Å²) in [6, 6.07) is 16.5. The van der Waals surface area contributed by atoms with Crippen molar-refractivity contribution in [3.05, 3.63) is 95.6 Å². The lowest BCUT2D eigenvalue weighted by Gasteiger charge is -2.13. The van der Waals surface area contributed by atoms with E-state index in [1.165, 1.54) is 19.4 Å². The highest BCUT2D eigenvalue weighted by Crippen LogP contribution is 2.34. The normalized spacial score (nSPS) is 10.7. The predicted molar refractivity (Wildman–Crippen MR) is 127 cm³/mol. The van der Waals surface area contributed by atoms with Gasteiger partial charge in [0, 0.05) is 6.07 Å². The number of hydrogen-bond acceptors (Lipinski definition) is 8. The topological polar surface area (TPSA) is 129 Å². The molecule has 0 fully saturated rings. The number of nitro groups is 2. The number of hydrogen-bond donors (Lipinski definition) is 1. The van der Waals surface area contributed by atoms with Crippen LogP contribution in [0.3, 0.4) is 0 Å². The highest BCUT2D eigenvalue weighted by molar-refractivity contribution is 14.1. The zero-order chi connectivity index (χ0) is 23.1. The maximum absolute atomic E-state index is 11.2. The molecule has 0 aromatic heterocycles. The van der Waals surface area contributed by atoms with Gasteiger partial charge < -0.3 is 9.47 Å². The predicted octanol–water partition coefficient (Wildman–Crippen LogP) is 5.14. The first kappa shape index (κ1) is 22.9. The van der Waals surface area contributed by atoms with E-state index in [-0.39, 0.29) is 11.4 Å². The number of benzene rings is 3. The van der Waals surface area contributed by atoms with Crippen LogP contribution in [0.2, 0.25) is 0 Å². The van der Waals surface area contributed by atoms with Gasteiger partial charge in [-0.05, 0) is 51.9 Å². The van der Waals surface area contributed by atoms with Crippen LogP contribution in [0.15, 0.2) is 65.8 Å². The minimum atomic E-state index is -0.713. The monoisotopic (exact) mass is 548 g/mol. The van der Waals surface area contributed by atoms with Crippen molar-refractivity contribution in [1.82, 2.24) is 0 Å². The van der Waals surface area contributed by atoms with Gasteiger partial charge in [0.05, 0.1) is 32.8 Å². The molecule has 164 valence electrons. The van der Waals surface area contributed by atoms with Gasteiger partial charge in [-0.2, -0.15) is 5.10 Å². The maximum Gasteiger partial charge on any atom is 0.301 e. The molecule has 0 aliphatic carbocycles. The second-order valence-corrected chi connectivity index (χ2v) is 7.56. The van der Waals surface area contributed by atoms with Crippen molar-refractivity contribution in [3.63, 3.8) is 0 Å². The quantitative estimate of drug-likeness (QED) is 0.170. The molecular weight excluding hydrogens is 531 g/mol. The molecule has 0 aliphatic heterocycles. The Morgan fingerprint density at radius 3 is 2.47 bits per heavy atom. The van der Waals surface area contributed by atoms with Gasteiger partial charge in [0.25, 0.3) is 5.69 Å². The minimum Gasteiger partial charge on any atom is -0.493 e. The molecule has 0 bridgehead atoms. The lowest BCUT2D eigenvalue weighted by molar-refractivity contribution is -0.393. The number of methoxy groups -OCH3 is 1. The van der Waals surface area contributed by atoms with Gasteiger partial charge in [-0.15, -0.1) is 0 Å². The number of nitro benzene ring substituents is 2. The molecule has 0 amide bonds. The first-order valence-corrected chi connectivity index (χ1v) is 10.2. The van der Waals surface area contributed by atoms with Crippen LogP contribution >= 0.6 is 22.6 Å². The number of nitrogens with zero attached hydrogens (tertiary/aromatic N) is 3. The van der Waals surface area contributed by atoms with E-state index in [0.717, 1.165) is 21.3 Å². The lowest BCUT2D eigenvalue weighted by Crippen LogP contribution is -2.01. The number of anilines is 1. The molecule has 3 rings (SSSR count). The van der Waals surface area contributed by atoms with Crippen LogP contribution in [0.5, 0.6) is 11.5 Å². The van der Waals surface area contributed by atoms with E-state index >= 15 is 0 Å². The summed E-state index contributed by atoms with van der Waals surface area (Å²) in [5.41, 5.74) is 3.44. The second kappa shape index (κ2) is 10.5. The smallest absolute Gasteiger partial charge is 0.301 e. The summed E-state index contributed by atoms with van der Waals surface area (Å²) in [5.74, 6) is 1.10. The van der Waals surface area contributed by atoms with E-state index in [1.54, 1.807) is 6.07 Å². The van der Waals surface area contributed by atoms with Crippen LogP contribution < -0.4 is 14.9 Å². The molecule has 0 atom stereocenters. The molecule has 11 heteroatoms. The Hall–Kier alpha value is -3.74. The fraction of sp³-hybridized carbons (Fsp3) is 0.0952. The first-order chi connectivity index (χ1) is 15.4. The molecule has 0 unspecified atom stereocenters. The summed E-state index contributed by atoms with van der Waals surface area (Å²) in [6.45, 7) is 0.381. The number of ether oxygens (including phenoxy) is 2. The molecule has 32 heavy (non-hydrogen) atoms. The van der Waals surface area contributed by atoms with Crippen molar-refractivity contribution in [3.8, 4) is 11.5 Å². The highest BCUT2D eigenvalue weighted by Gasteiger charge is 2.19. The van der Waals surface area contributed by atoms with Crippen molar-refractivity contribution < 1.29 is 19.3 Å². The van der Waals surface area contributed by atoms with Crippen molar-refractivity contribution in [2.75, 3.05) is 12.5 Å². The largest absolute Gasteiger partial charge is 0.493 e. The molecule has 10 nitrogen and oxygen atoms in total. The fourth-order valence-electron chi connectivity index (χ4n) is 2.74. The van der Waals surface area contributed by atoms with Crippen LogP contribution in [0, 0.1) is 23.8 Å². The maximum atomic E-state index is 11.2. The minimum absolute atomic E-state index is 0.0290. The number of halogens is 1. The lowest BCUT2D eigenvalue weighted by atomic mass is 10.2. The Labute approximate surface area is 196 Å². The van der Waals surface area contributed by atoms with Gasteiger partial charge in [0.1, 0.15) is 12.3 Å². The molecule has 1 N–H and O–H groups in total. The van der Waals surface area contributed by atoms with Crippen molar-refractivity contribution in [2.24, 2.45) is 5.10 Å². The number of rotatable bonds is 9. The molecule has 0 saturated heterocycles. The Balaban J connectivity index is 1.77. The van der Waals surface area contributed by atoms with Gasteiger partial charge in [0.15, 0.2) is 11.5 Å². The third-order valence-electron chi connectivity index (χ3n) is 4.27. The van der Waals surface area contributed by atoms with E-state index in [1.807, 2.05) is 36.4 Å². The third-order valence-corrected chi connectivity index (χ3v) is 5.07. The van der Waals surface area contributed by atoms with Crippen LogP contribution in [-0.4, -0.2) is 23.2 Å². The molecule has 0 spiro atoms. The summed E-state index contributed by atoms with van der Waals surface area (Å²) in [7, 11) is 1.53. The summed E-state index contributed by atoms with van der Waals surface area (Å²) in [5, 5.41) is 26.1. The number of hydrazone groups is 1. The first-order valence-electron chi connectivity index (χ1n) is 9.15. The van der Waals surface area contributed by atoms with Gasteiger partial charge >= 0.3 is 5.69 Å². The van der Waals surface area contributed by atoms with Crippen LogP contribution in [0.1, 0.15) is 11.1 Å². The Bertz CT molecular complexity index is 1170. The van der Waals surface area contributed by atoms with E-state index in [2.05, 4.69) is 33.1 Å². The molecule has 3 aromatic carbocycles. The molecule has 3 aromatic rings. The molecule has 0 aliphatic rings. The zero-order valence-corrected chi connectivity index (χ0v) is 18.9. The second-order valence-electron chi connectivity index (χ2n) is 6.39. The van der Waals surface area contributed by atoms with Gasteiger partial charge in [0.2, 0.25) is 0 Å². The molecular formula is C21H17IN4O6. The van der Waals surface area contributed by atoms with E-state index in [0.29, 0.717) is 23.7 Å². The standard InChI is InChI=1S/C21H17IN4O6/c1-31-20-10-15(9-17(22)21(20)32-13-14-5-3-2-4-6-14)12-23-24-18-8-7-16(25(27)28)11-19(18)26(29)30/h2-12,24H,13H2,1H3/b23-12-. The van der Waals surface area contributed by atoms with Gasteiger partial charge in [-0.1, -0.05) is 30.3 Å². The Morgan fingerprint density at radius 1 is 1.06 bits per heavy atom. The summed E-state index contributed by atoms with van der Waals surface area (Å²) in [4.78, 5) is 20.7. The summed E-state index contributed by atoms with van der Waals surface area (Å²) < 4.78 is 12.2. The van der Waals surface area contributed by atoms with Crippen molar-refractivity contribution in [1.29, 1.82) is 0 Å². The van der Waals surface area contributed by atoms with Gasteiger partial charge in [-0.25, -0.2) is 0 Å². The molecule has 0 heterocycles. The van der Waals surface area contributed by atoms with Crippen molar-refractivity contribution >= 4 is 45.9 Å². The molecule has 0 radical (unpaired) electrons. The average molecular weight is 548 g/mol. The van der Waals surface area contributed by atoms with E-state index < -0.39 is 15.5 Å². The third kappa shape index (κ3) is 5.69. The summed E-state index contributed by atoms with van der Waals surface area (Å²) >= 11 is 2.12. The van der Waals surface area contributed by atoms with E-state index in [9.17, 15) is 20.2 Å². The Morgan fingerprint density at radius 2 is 1.81 bits per heavy atom.